The lowest BCUT2D eigenvalue weighted by molar-refractivity contribution is -0.130. The second-order valence-corrected chi connectivity index (χ2v) is 4.86. The molecule has 1 saturated heterocycles. The van der Waals surface area contributed by atoms with Crippen LogP contribution < -0.4 is 5.32 Å². The van der Waals surface area contributed by atoms with Gasteiger partial charge in [-0.05, 0) is 37.6 Å². The van der Waals surface area contributed by atoms with Gasteiger partial charge in [-0.3, -0.25) is 9.69 Å². The van der Waals surface area contributed by atoms with Gasteiger partial charge < -0.3 is 5.32 Å². The van der Waals surface area contributed by atoms with Crippen LogP contribution in [0.4, 0.5) is 9.18 Å². The van der Waals surface area contributed by atoms with Crippen LogP contribution >= 0.6 is 0 Å². The number of rotatable bonds is 2. The van der Waals surface area contributed by atoms with Gasteiger partial charge in [-0.2, -0.15) is 5.26 Å². The maximum absolute atomic E-state index is 13.2. The molecule has 0 spiro atoms. The molecule has 1 N–H and O–H groups in total. The quantitative estimate of drug-likeness (QED) is 0.820. The summed E-state index contributed by atoms with van der Waals surface area (Å²) in [5.41, 5.74) is -0.424. The van der Waals surface area contributed by atoms with E-state index in [4.69, 9.17) is 5.26 Å². The fraction of sp³-hybridized carbons (Fsp3) is 0.308. The van der Waals surface area contributed by atoms with Crippen molar-refractivity contribution in [3.63, 3.8) is 0 Å². The number of amides is 3. The van der Waals surface area contributed by atoms with E-state index in [0.717, 1.165) is 17.0 Å². The predicted molar refractivity (Wildman–Crippen MR) is 64.3 cm³/mol. The van der Waals surface area contributed by atoms with Crippen molar-refractivity contribution in [1.82, 2.24) is 10.2 Å². The van der Waals surface area contributed by atoms with Crippen molar-refractivity contribution in [3.05, 3.63) is 35.1 Å². The molecule has 0 aliphatic carbocycles. The van der Waals surface area contributed by atoms with Gasteiger partial charge in [0.05, 0.1) is 18.2 Å². The molecule has 1 aliphatic rings. The second-order valence-electron chi connectivity index (χ2n) is 4.86. The number of hydrogen-bond donors (Lipinski definition) is 1. The molecule has 6 heteroatoms. The standard InChI is InChI=1S/C13H12FN3O2/c1-13(2)11(18)17(12(19)16-13)7-9-5-10(14)4-3-8(9)6-15/h3-5H,7H2,1-2H3,(H,16,19). The number of nitrogens with one attached hydrogen (secondary N) is 1. The van der Waals surface area contributed by atoms with Crippen LogP contribution in [0.3, 0.4) is 0 Å². The molecule has 0 saturated carbocycles. The van der Waals surface area contributed by atoms with Crippen molar-refractivity contribution < 1.29 is 14.0 Å². The molecule has 0 bridgehead atoms. The van der Waals surface area contributed by atoms with Crippen molar-refractivity contribution in [2.45, 2.75) is 25.9 Å². The van der Waals surface area contributed by atoms with Gasteiger partial charge in [0, 0.05) is 0 Å². The van der Waals surface area contributed by atoms with E-state index in [0.29, 0.717) is 5.56 Å². The number of carbonyl (C=O) groups excluding carboxylic acids is 2. The van der Waals surface area contributed by atoms with Gasteiger partial charge in [0.25, 0.3) is 5.91 Å². The van der Waals surface area contributed by atoms with Crippen LogP contribution in [0.15, 0.2) is 18.2 Å². The van der Waals surface area contributed by atoms with Crippen molar-refractivity contribution in [2.24, 2.45) is 0 Å². The Morgan fingerprint density at radius 2 is 2.11 bits per heavy atom. The predicted octanol–water partition coefficient (Wildman–Crippen LogP) is 1.53. The van der Waals surface area contributed by atoms with Crippen LogP contribution in [0.5, 0.6) is 0 Å². The third kappa shape index (κ3) is 2.27. The SMILES string of the molecule is CC1(C)NC(=O)N(Cc2cc(F)ccc2C#N)C1=O. The Kier molecular flexibility index (Phi) is 2.98. The lowest BCUT2D eigenvalue weighted by Crippen LogP contribution is -2.40. The molecule has 1 heterocycles. The average Bonchev–Trinajstić information content (AvgIpc) is 2.52. The van der Waals surface area contributed by atoms with E-state index >= 15 is 0 Å². The maximum atomic E-state index is 13.2. The van der Waals surface area contributed by atoms with Crippen molar-refractivity contribution >= 4 is 11.9 Å². The highest BCUT2D eigenvalue weighted by Gasteiger charge is 2.44. The van der Waals surface area contributed by atoms with Crippen LogP contribution in [0, 0.1) is 17.1 Å². The molecule has 1 aliphatic heterocycles. The van der Waals surface area contributed by atoms with E-state index < -0.39 is 23.3 Å². The largest absolute Gasteiger partial charge is 0.325 e. The molecule has 0 aromatic heterocycles. The van der Waals surface area contributed by atoms with Gasteiger partial charge in [0.2, 0.25) is 0 Å². The minimum Gasteiger partial charge on any atom is -0.324 e. The Bertz CT molecular complexity index is 604. The summed E-state index contributed by atoms with van der Waals surface area (Å²) < 4.78 is 13.2. The molecule has 98 valence electrons. The first kappa shape index (κ1) is 13.0. The molecule has 1 aromatic rings. The minimum absolute atomic E-state index is 0.116. The molecule has 1 fully saturated rings. The van der Waals surface area contributed by atoms with E-state index in [2.05, 4.69) is 5.32 Å². The molecular weight excluding hydrogens is 249 g/mol. The number of imide groups is 1. The van der Waals surface area contributed by atoms with Gasteiger partial charge in [-0.25, -0.2) is 9.18 Å². The molecule has 5 nitrogen and oxygen atoms in total. The maximum Gasteiger partial charge on any atom is 0.325 e. The summed E-state index contributed by atoms with van der Waals surface area (Å²) in [7, 11) is 0. The smallest absolute Gasteiger partial charge is 0.324 e. The van der Waals surface area contributed by atoms with E-state index in [1.165, 1.54) is 6.07 Å². The van der Waals surface area contributed by atoms with E-state index in [-0.39, 0.29) is 12.1 Å². The highest BCUT2D eigenvalue weighted by molar-refractivity contribution is 6.06. The molecule has 3 amide bonds. The Hall–Kier alpha value is -2.42. The van der Waals surface area contributed by atoms with E-state index in [9.17, 15) is 14.0 Å². The highest BCUT2D eigenvalue weighted by Crippen LogP contribution is 2.21. The van der Waals surface area contributed by atoms with Crippen LogP contribution in [0.25, 0.3) is 0 Å². The van der Waals surface area contributed by atoms with Crippen LogP contribution in [-0.2, 0) is 11.3 Å². The fourth-order valence-corrected chi connectivity index (χ4v) is 1.93. The molecule has 0 radical (unpaired) electrons. The summed E-state index contributed by atoms with van der Waals surface area (Å²) in [6, 6.07) is 5.02. The first-order valence-corrected chi connectivity index (χ1v) is 5.68. The lowest BCUT2D eigenvalue weighted by atomic mass is 10.1. The number of urea groups is 1. The van der Waals surface area contributed by atoms with Crippen LogP contribution in [-0.4, -0.2) is 22.4 Å². The van der Waals surface area contributed by atoms with Gasteiger partial charge in [-0.15, -0.1) is 0 Å². The number of hydrogen-bond acceptors (Lipinski definition) is 3. The summed E-state index contributed by atoms with van der Waals surface area (Å²) in [5.74, 6) is -0.911. The molecule has 0 atom stereocenters. The third-order valence-electron chi connectivity index (χ3n) is 2.96. The number of halogens is 1. The monoisotopic (exact) mass is 261 g/mol. The molecule has 2 rings (SSSR count). The number of carbonyl (C=O) groups is 2. The van der Waals surface area contributed by atoms with Crippen molar-refractivity contribution in [2.75, 3.05) is 0 Å². The molecule has 19 heavy (non-hydrogen) atoms. The summed E-state index contributed by atoms with van der Waals surface area (Å²) in [5, 5.41) is 11.5. The highest BCUT2D eigenvalue weighted by atomic mass is 19.1. The fourth-order valence-electron chi connectivity index (χ4n) is 1.93. The lowest BCUT2D eigenvalue weighted by Gasteiger charge is -2.16. The summed E-state index contributed by atoms with van der Waals surface area (Å²) in [4.78, 5) is 24.7. The van der Waals surface area contributed by atoms with Crippen molar-refractivity contribution in [1.29, 1.82) is 5.26 Å². The molecular formula is C13H12FN3O2. The zero-order valence-electron chi connectivity index (χ0n) is 10.5. The summed E-state index contributed by atoms with van der Waals surface area (Å²) in [6.07, 6.45) is 0. The molecule has 0 unspecified atom stereocenters. The minimum atomic E-state index is -0.975. The normalized spacial score (nSPS) is 17.3. The topological polar surface area (TPSA) is 73.2 Å². The Morgan fingerprint density at radius 1 is 1.42 bits per heavy atom. The summed E-state index contributed by atoms with van der Waals surface area (Å²) >= 11 is 0. The molecule has 1 aromatic carbocycles. The Balaban J connectivity index is 2.33. The summed E-state index contributed by atoms with van der Waals surface area (Å²) in [6.45, 7) is 3.06. The van der Waals surface area contributed by atoms with Crippen molar-refractivity contribution in [3.8, 4) is 6.07 Å². The van der Waals surface area contributed by atoms with Gasteiger partial charge in [-0.1, -0.05) is 0 Å². The number of benzene rings is 1. The van der Waals surface area contributed by atoms with Crippen LogP contribution in [0.1, 0.15) is 25.0 Å². The average molecular weight is 261 g/mol. The third-order valence-corrected chi connectivity index (χ3v) is 2.96. The number of nitrogens with zero attached hydrogens (tertiary/aromatic N) is 2. The van der Waals surface area contributed by atoms with E-state index in [1.807, 2.05) is 6.07 Å². The van der Waals surface area contributed by atoms with Crippen LogP contribution in [0.2, 0.25) is 0 Å². The zero-order chi connectivity index (χ0) is 14.2. The Labute approximate surface area is 109 Å². The Morgan fingerprint density at radius 3 is 2.63 bits per heavy atom. The van der Waals surface area contributed by atoms with Gasteiger partial charge in [0.1, 0.15) is 11.4 Å². The van der Waals surface area contributed by atoms with E-state index in [1.54, 1.807) is 13.8 Å². The van der Waals surface area contributed by atoms with Gasteiger partial charge >= 0.3 is 6.03 Å². The first-order valence-electron chi connectivity index (χ1n) is 5.68. The first-order chi connectivity index (χ1) is 8.85. The number of nitriles is 1. The van der Waals surface area contributed by atoms with Gasteiger partial charge in [0.15, 0.2) is 0 Å². The second kappa shape index (κ2) is 4.35. The zero-order valence-corrected chi connectivity index (χ0v) is 10.5.